The molecular weight excluding hydrogens is 296 g/mol. The highest BCUT2D eigenvalue weighted by Gasteiger charge is 2.19. The van der Waals surface area contributed by atoms with Gasteiger partial charge in [0.05, 0.1) is 5.69 Å². The number of nitrogens with one attached hydrogen (secondary N) is 1. The Kier molecular flexibility index (Phi) is 3.76. The second-order valence-electron chi connectivity index (χ2n) is 4.23. The maximum atomic E-state index is 12.2. The Labute approximate surface area is 120 Å². The van der Waals surface area contributed by atoms with Gasteiger partial charge in [-0.1, -0.05) is 6.07 Å². The van der Waals surface area contributed by atoms with Crippen LogP contribution in [0.15, 0.2) is 41.4 Å². The quantitative estimate of drug-likeness (QED) is 0.502. The molecule has 0 saturated carbocycles. The van der Waals surface area contributed by atoms with Gasteiger partial charge >= 0.3 is 5.82 Å². The summed E-state index contributed by atoms with van der Waals surface area (Å²) in [5.74, 6) is -0.422. The van der Waals surface area contributed by atoms with Gasteiger partial charge in [0.25, 0.3) is 10.0 Å². The van der Waals surface area contributed by atoms with Gasteiger partial charge < -0.3 is 15.8 Å². The van der Waals surface area contributed by atoms with Gasteiger partial charge in [-0.3, -0.25) is 4.72 Å². The van der Waals surface area contributed by atoms with Crippen LogP contribution in [0.4, 0.5) is 17.2 Å². The SMILES string of the molecule is Cc1c(N)cccc1NS(=O)(=O)c1ccc([N+](=O)[O-])nc1. The van der Waals surface area contributed by atoms with Crippen molar-refractivity contribution < 1.29 is 13.3 Å². The van der Waals surface area contributed by atoms with Crippen LogP contribution in [-0.4, -0.2) is 18.3 Å². The number of nitrogen functional groups attached to an aromatic ring is 1. The van der Waals surface area contributed by atoms with E-state index in [9.17, 15) is 18.5 Å². The largest absolute Gasteiger partial charge is 0.398 e. The van der Waals surface area contributed by atoms with Crippen LogP contribution in [0.25, 0.3) is 0 Å². The zero-order valence-electron chi connectivity index (χ0n) is 11.0. The molecule has 110 valence electrons. The summed E-state index contributed by atoms with van der Waals surface area (Å²) in [6.07, 6.45) is 0.933. The normalized spacial score (nSPS) is 11.1. The fraction of sp³-hybridized carbons (Fsp3) is 0.0833. The summed E-state index contributed by atoms with van der Waals surface area (Å²) in [5.41, 5.74) is 7.10. The Hall–Kier alpha value is -2.68. The zero-order valence-corrected chi connectivity index (χ0v) is 11.8. The van der Waals surface area contributed by atoms with Crippen molar-refractivity contribution in [3.8, 4) is 0 Å². The van der Waals surface area contributed by atoms with Crippen LogP contribution in [-0.2, 0) is 10.0 Å². The van der Waals surface area contributed by atoms with E-state index in [-0.39, 0.29) is 4.90 Å². The maximum absolute atomic E-state index is 12.2. The zero-order chi connectivity index (χ0) is 15.6. The topological polar surface area (TPSA) is 128 Å². The van der Waals surface area contributed by atoms with E-state index in [4.69, 9.17) is 5.73 Å². The molecule has 0 aliphatic rings. The average Bonchev–Trinajstić information content (AvgIpc) is 2.44. The first-order chi connectivity index (χ1) is 9.81. The Bertz CT molecular complexity index is 787. The van der Waals surface area contributed by atoms with E-state index in [1.807, 2.05) is 0 Å². The van der Waals surface area contributed by atoms with E-state index in [1.165, 1.54) is 0 Å². The van der Waals surface area contributed by atoms with Gasteiger partial charge in [-0.2, -0.15) is 0 Å². The van der Waals surface area contributed by atoms with Crippen LogP contribution in [0, 0.1) is 17.0 Å². The van der Waals surface area contributed by atoms with Crippen molar-refractivity contribution >= 4 is 27.2 Å². The molecule has 0 spiro atoms. The van der Waals surface area contributed by atoms with E-state index >= 15 is 0 Å². The van der Waals surface area contributed by atoms with Gasteiger partial charge in [0.2, 0.25) is 0 Å². The van der Waals surface area contributed by atoms with Crippen molar-refractivity contribution in [1.82, 2.24) is 4.98 Å². The average molecular weight is 308 g/mol. The molecule has 2 rings (SSSR count). The fourth-order valence-corrected chi connectivity index (χ4v) is 2.67. The molecule has 1 aromatic carbocycles. The molecule has 0 saturated heterocycles. The van der Waals surface area contributed by atoms with Crippen molar-refractivity contribution in [3.05, 3.63) is 52.2 Å². The summed E-state index contributed by atoms with van der Waals surface area (Å²) in [4.78, 5) is 13.1. The molecule has 2 aromatic rings. The van der Waals surface area contributed by atoms with Crippen molar-refractivity contribution in [2.24, 2.45) is 0 Å². The molecule has 0 aliphatic heterocycles. The van der Waals surface area contributed by atoms with Crippen LogP contribution >= 0.6 is 0 Å². The van der Waals surface area contributed by atoms with E-state index in [0.29, 0.717) is 16.9 Å². The number of nitrogens with two attached hydrogens (primary N) is 1. The van der Waals surface area contributed by atoms with E-state index in [1.54, 1.807) is 25.1 Å². The molecule has 1 aromatic heterocycles. The highest BCUT2D eigenvalue weighted by atomic mass is 32.2. The first-order valence-corrected chi connectivity index (χ1v) is 7.28. The van der Waals surface area contributed by atoms with Gasteiger partial charge in [0.15, 0.2) is 6.20 Å². The lowest BCUT2D eigenvalue weighted by molar-refractivity contribution is -0.389. The first kappa shape index (κ1) is 14.7. The molecule has 1 heterocycles. The van der Waals surface area contributed by atoms with Crippen LogP contribution in [0.1, 0.15) is 5.56 Å². The Morgan fingerprint density at radius 1 is 1.29 bits per heavy atom. The number of hydrogen-bond acceptors (Lipinski definition) is 6. The summed E-state index contributed by atoms with van der Waals surface area (Å²) >= 11 is 0. The first-order valence-electron chi connectivity index (χ1n) is 5.79. The van der Waals surface area contributed by atoms with E-state index in [2.05, 4.69) is 9.71 Å². The number of benzene rings is 1. The number of nitro groups is 1. The van der Waals surface area contributed by atoms with E-state index < -0.39 is 20.8 Å². The third-order valence-electron chi connectivity index (χ3n) is 2.84. The smallest absolute Gasteiger partial charge is 0.363 e. The monoisotopic (exact) mass is 308 g/mol. The van der Waals surface area contributed by atoms with Crippen LogP contribution in [0.5, 0.6) is 0 Å². The predicted octanol–water partition coefficient (Wildman–Crippen LogP) is 1.68. The minimum Gasteiger partial charge on any atom is -0.398 e. The molecule has 0 fully saturated rings. The van der Waals surface area contributed by atoms with Crippen LogP contribution < -0.4 is 10.5 Å². The number of hydrogen-bond donors (Lipinski definition) is 2. The highest BCUT2D eigenvalue weighted by molar-refractivity contribution is 7.92. The lowest BCUT2D eigenvalue weighted by atomic mass is 10.2. The van der Waals surface area contributed by atoms with Crippen molar-refractivity contribution in [1.29, 1.82) is 0 Å². The van der Waals surface area contributed by atoms with Gasteiger partial charge in [0, 0.05) is 11.8 Å². The standard InChI is InChI=1S/C12H12N4O4S/c1-8-10(13)3-2-4-11(8)15-21(19,20)9-5-6-12(14-7-9)16(17)18/h2-7,15H,13H2,1H3. The summed E-state index contributed by atoms with van der Waals surface area (Å²) < 4.78 is 26.7. The lowest BCUT2D eigenvalue weighted by Gasteiger charge is -2.11. The van der Waals surface area contributed by atoms with Crippen LogP contribution in [0.3, 0.4) is 0 Å². The predicted molar refractivity (Wildman–Crippen MR) is 77.3 cm³/mol. The Morgan fingerprint density at radius 3 is 2.57 bits per heavy atom. The molecule has 0 aliphatic carbocycles. The third-order valence-corrected chi connectivity index (χ3v) is 4.19. The summed E-state index contributed by atoms with van der Waals surface area (Å²) in [6, 6.07) is 6.99. The molecule has 0 bridgehead atoms. The molecule has 21 heavy (non-hydrogen) atoms. The number of aromatic nitrogens is 1. The maximum Gasteiger partial charge on any atom is 0.363 e. The molecule has 0 radical (unpaired) electrons. The number of pyridine rings is 1. The molecule has 0 atom stereocenters. The summed E-state index contributed by atoms with van der Waals surface area (Å²) in [6.45, 7) is 1.68. The second kappa shape index (κ2) is 5.37. The van der Waals surface area contributed by atoms with Crippen molar-refractivity contribution in [3.63, 3.8) is 0 Å². The highest BCUT2D eigenvalue weighted by Crippen LogP contribution is 2.23. The third kappa shape index (κ3) is 3.08. The molecule has 0 amide bonds. The summed E-state index contributed by atoms with van der Waals surface area (Å²) in [5, 5.41) is 10.5. The summed E-state index contributed by atoms with van der Waals surface area (Å²) in [7, 11) is -3.89. The van der Waals surface area contributed by atoms with Crippen LogP contribution in [0.2, 0.25) is 0 Å². The number of rotatable bonds is 4. The Morgan fingerprint density at radius 2 is 2.00 bits per heavy atom. The van der Waals surface area contributed by atoms with Crippen molar-refractivity contribution in [2.45, 2.75) is 11.8 Å². The van der Waals surface area contributed by atoms with Gasteiger partial charge in [-0.15, -0.1) is 0 Å². The van der Waals surface area contributed by atoms with Gasteiger partial charge in [-0.25, -0.2) is 8.42 Å². The number of anilines is 2. The molecule has 3 N–H and O–H groups in total. The van der Waals surface area contributed by atoms with Gasteiger partial charge in [-0.05, 0) is 40.6 Å². The Balaban J connectivity index is 2.34. The molecular formula is C12H12N4O4S. The fourth-order valence-electron chi connectivity index (χ4n) is 1.61. The second-order valence-corrected chi connectivity index (χ2v) is 5.92. The molecule has 9 heteroatoms. The van der Waals surface area contributed by atoms with E-state index in [0.717, 1.165) is 18.3 Å². The molecule has 0 unspecified atom stereocenters. The van der Waals surface area contributed by atoms with Crippen molar-refractivity contribution in [2.75, 3.05) is 10.5 Å². The number of nitrogens with zero attached hydrogens (tertiary/aromatic N) is 2. The lowest BCUT2D eigenvalue weighted by Crippen LogP contribution is -2.14. The number of sulfonamides is 1. The van der Waals surface area contributed by atoms with Gasteiger partial charge in [0.1, 0.15) is 4.90 Å². The minimum absolute atomic E-state index is 0.171. The minimum atomic E-state index is -3.89. The molecule has 8 nitrogen and oxygen atoms in total.